The van der Waals surface area contributed by atoms with Crippen molar-refractivity contribution in [2.24, 2.45) is 0 Å². The fourth-order valence-corrected chi connectivity index (χ4v) is 2.99. The van der Waals surface area contributed by atoms with Crippen LogP contribution in [0.2, 0.25) is 0 Å². The number of thiazole rings is 1. The molecule has 2 N–H and O–H groups in total. The molecule has 0 spiro atoms. The first kappa shape index (κ1) is 13.1. The highest BCUT2D eigenvalue weighted by atomic mass is 32.1. The van der Waals surface area contributed by atoms with Crippen LogP contribution in [0, 0.1) is 4.77 Å². The number of nitrogens with zero attached hydrogens (tertiary/aromatic N) is 1. The van der Waals surface area contributed by atoms with E-state index in [0.29, 0.717) is 17.9 Å². The van der Waals surface area contributed by atoms with Crippen LogP contribution in [0.3, 0.4) is 0 Å². The molecule has 0 aliphatic carbocycles. The van der Waals surface area contributed by atoms with Gasteiger partial charge in [-0.15, -0.1) is 0 Å². The van der Waals surface area contributed by atoms with Crippen molar-refractivity contribution in [1.29, 1.82) is 0 Å². The Morgan fingerprint density at radius 2 is 2.25 bits per heavy atom. The van der Waals surface area contributed by atoms with Crippen LogP contribution < -0.4 is 9.61 Å². The Hall–Kier alpha value is -1.86. The van der Waals surface area contributed by atoms with E-state index in [9.17, 15) is 4.79 Å². The van der Waals surface area contributed by atoms with Gasteiger partial charge in [-0.1, -0.05) is 17.4 Å². The lowest BCUT2D eigenvalue weighted by Gasteiger charge is -2.05. The first-order chi connectivity index (χ1) is 9.69. The predicted molar refractivity (Wildman–Crippen MR) is 82.3 cm³/mol. The van der Waals surface area contributed by atoms with Gasteiger partial charge in [-0.05, 0) is 31.3 Å². The fraction of sp³-hybridized carbons (Fsp3) is 0.231. The van der Waals surface area contributed by atoms with E-state index in [1.54, 1.807) is 0 Å². The molecule has 3 aromatic rings. The van der Waals surface area contributed by atoms with Gasteiger partial charge in [0.1, 0.15) is 11.3 Å². The summed E-state index contributed by atoms with van der Waals surface area (Å²) in [6.07, 6.45) is 0. The third-order valence-corrected chi connectivity index (χ3v) is 4.01. The number of fused-ring (bicyclic) bond motifs is 1. The van der Waals surface area contributed by atoms with E-state index >= 15 is 0 Å². The number of rotatable bonds is 4. The molecule has 7 heteroatoms. The van der Waals surface area contributed by atoms with Gasteiger partial charge in [-0.3, -0.25) is 4.79 Å². The first-order valence-electron chi connectivity index (χ1n) is 6.20. The summed E-state index contributed by atoms with van der Waals surface area (Å²) in [5.74, 6) is 0.786. The van der Waals surface area contributed by atoms with Gasteiger partial charge in [0.15, 0.2) is 4.77 Å². The van der Waals surface area contributed by atoms with Crippen molar-refractivity contribution in [2.45, 2.75) is 13.5 Å². The second-order valence-electron chi connectivity index (χ2n) is 4.27. The molecule has 0 saturated carbocycles. The number of nitrogens with one attached hydrogen (secondary N) is 2. The van der Waals surface area contributed by atoms with Crippen molar-refractivity contribution in [3.05, 3.63) is 43.7 Å². The van der Waals surface area contributed by atoms with Crippen molar-refractivity contribution in [3.8, 4) is 5.75 Å². The second-order valence-corrected chi connectivity index (χ2v) is 5.50. The molecule has 2 heterocycles. The summed E-state index contributed by atoms with van der Waals surface area (Å²) in [7, 11) is 0. The maximum atomic E-state index is 11.2. The Bertz CT molecular complexity index is 856. The second kappa shape index (κ2) is 5.26. The highest BCUT2D eigenvalue weighted by Crippen LogP contribution is 2.25. The molecule has 0 amide bonds. The third-order valence-electron chi connectivity index (χ3n) is 2.97. The molecule has 0 bridgehead atoms. The normalized spacial score (nSPS) is 11.1. The highest BCUT2D eigenvalue weighted by Gasteiger charge is 2.10. The van der Waals surface area contributed by atoms with Crippen LogP contribution in [0.25, 0.3) is 11.0 Å². The number of aromatic amines is 2. The average molecular weight is 307 g/mol. The molecule has 0 atom stereocenters. The molecule has 0 saturated heterocycles. The number of hydrogen-bond acceptors (Lipinski definition) is 4. The smallest absolute Gasteiger partial charge is 0.304 e. The third kappa shape index (κ3) is 2.30. The SMILES string of the molecule is CCOc1cccc2c1[nH]c(=S)n2Cc1csc(=O)[nH]1. The molecule has 0 radical (unpaired) electrons. The number of benzene rings is 1. The van der Waals surface area contributed by atoms with Crippen molar-refractivity contribution >= 4 is 34.6 Å². The summed E-state index contributed by atoms with van der Waals surface area (Å²) < 4.78 is 8.16. The quantitative estimate of drug-likeness (QED) is 0.729. The van der Waals surface area contributed by atoms with Crippen LogP contribution in [0.1, 0.15) is 12.6 Å². The molecule has 2 aromatic heterocycles. The lowest BCUT2D eigenvalue weighted by atomic mass is 10.3. The van der Waals surface area contributed by atoms with Crippen LogP contribution in [0.15, 0.2) is 28.4 Å². The molecule has 0 unspecified atom stereocenters. The van der Waals surface area contributed by atoms with E-state index in [1.807, 2.05) is 35.1 Å². The zero-order chi connectivity index (χ0) is 14.1. The Morgan fingerprint density at radius 3 is 2.95 bits per heavy atom. The van der Waals surface area contributed by atoms with E-state index in [1.165, 1.54) is 0 Å². The van der Waals surface area contributed by atoms with E-state index in [0.717, 1.165) is 33.8 Å². The minimum absolute atomic E-state index is 0.0543. The molecule has 0 aliphatic rings. The van der Waals surface area contributed by atoms with Gasteiger partial charge < -0.3 is 19.3 Å². The molecule has 104 valence electrons. The molecule has 0 fully saturated rings. The maximum absolute atomic E-state index is 11.2. The van der Waals surface area contributed by atoms with Gasteiger partial charge in [-0.25, -0.2) is 0 Å². The van der Waals surface area contributed by atoms with Crippen molar-refractivity contribution in [3.63, 3.8) is 0 Å². The van der Waals surface area contributed by atoms with Gasteiger partial charge in [0.2, 0.25) is 0 Å². The Balaban J connectivity index is 2.11. The Labute approximate surface area is 123 Å². The summed E-state index contributed by atoms with van der Waals surface area (Å²) in [5, 5.41) is 1.81. The lowest BCUT2D eigenvalue weighted by molar-refractivity contribution is 0.343. The molecular formula is C13H13N3O2S2. The average Bonchev–Trinajstić information content (AvgIpc) is 2.97. The minimum atomic E-state index is -0.0543. The Kier molecular flexibility index (Phi) is 3.45. The number of ether oxygens (including phenoxy) is 1. The van der Waals surface area contributed by atoms with E-state index in [2.05, 4.69) is 9.97 Å². The van der Waals surface area contributed by atoms with Crippen LogP contribution >= 0.6 is 23.6 Å². The van der Waals surface area contributed by atoms with Gasteiger partial charge >= 0.3 is 4.87 Å². The summed E-state index contributed by atoms with van der Waals surface area (Å²) >= 11 is 6.52. The molecule has 3 rings (SSSR count). The number of hydrogen-bond donors (Lipinski definition) is 2. The lowest BCUT2D eigenvalue weighted by Crippen LogP contribution is -2.03. The molecule has 20 heavy (non-hydrogen) atoms. The van der Waals surface area contributed by atoms with Crippen molar-refractivity contribution in [2.75, 3.05) is 6.61 Å². The van der Waals surface area contributed by atoms with Crippen molar-refractivity contribution in [1.82, 2.24) is 14.5 Å². The number of aromatic nitrogens is 3. The summed E-state index contributed by atoms with van der Waals surface area (Å²) in [6.45, 7) is 3.08. The number of H-pyrrole nitrogens is 2. The zero-order valence-corrected chi connectivity index (χ0v) is 12.4. The summed E-state index contributed by atoms with van der Waals surface area (Å²) in [4.78, 5) is 17.1. The fourth-order valence-electron chi connectivity index (χ4n) is 2.15. The molecule has 5 nitrogen and oxygen atoms in total. The minimum Gasteiger partial charge on any atom is -0.492 e. The van der Waals surface area contributed by atoms with Gasteiger partial charge in [0.25, 0.3) is 0 Å². The van der Waals surface area contributed by atoms with E-state index in [-0.39, 0.29) is 4.87 Å². The standard InChI is InChI=1S/C13H13N3O2S2/c1-2-18-10-5-3-4-9-11(10)15-12(19)16(9)6-8-7-20-13(17)14-8/h3-5,7H,2,6H2,1H3,(H,14,17)(H,15,19). The maximum Gasteiger partial charge on any atom is 0.304 e. The summed E-state index contributed by atoms with van der Waals surface area (Å²) in [6, 6.07) is 5.82. The molecule has 0 aliphatic heterocycles. The van der Waals surface area contributed by atoms with Crippen molar-refractivity contribution < 1.29 is 4.74 Å². The topological polar surface area (TPSA) is 62.8 Å². The highest BCUT2D eigenvalue weighted by molar-refractivity contribution is 7.71. The predicted octanol–water partition coefficient (Wildman–Crippen LogP) is 2.90. The van der Waals surface area contributed by atoms with Gasteiger partial charge in [0.05, 0.1) is 18.7 Å². The van der Waals surface area contributed by atoms with Crippen LogP contribution in [0.4, 0.5) is 0 Å². The Morgan fingerprint density at radius 1 is 1.40 bits per heavy atom. The van der Waals surface area contributed by atoms with Crippen LogP contribution in [-0.4, -0.2) is 21.1 Å². The largest absolute Gasteiger partial charge is 0.492 e. The monoisotopic (exact) mass is 307 g/mol. The molecular weight excluding hydrogens is 294 g/mol. The first-order valence-corrected chi connectivity index (χ1v) is 7.49. The van der Waals surface area contributed by atoms with Gasteiger partial charge in [0, 0.05) is 11.1 Å². The van der Waals surface area contributed by atoms with Gasteiger partial charge in [-0.2, -0.15) is 0 Å². The molecule has 1 aromatic carbocycles. The number of para-hydroxylation sites is 1. The van der Waals surface area contributed by atoms with Crippen LogP contribution in [0.5, 0.6) is 5.75 Å². The zero-order valence-electron chi connectivity index (χ0n) is 10.8. The summed E-state index contributed by atoms with van der Waals surface area (Å²) in [5.41, 5.74) is 2.70. The van der Waals surface area contributed by atoms with Crippen LogP contribution in [-0.2, 0) is 6.54 Å². The number of imidazole rings is 1. The van der Waals surface area contributed by atoms with E-state index in [4.69, 9.17) is 17.0 Å². The van der Waals surface area contributed by atoms with E-state index < -0.39 is 0 Å².